The number of nitrogens with two attached hydrogens (primary N) is 1. The van der Waals surface area contributed by atoms with E-state index in [2.05, 4.69) is 62.2 Å². The lowest BCUT2D eigenvalue weighted by Crippen LogP contribution is -2.45. The predicted molar refractivity (Wildman–Crippen MR) is 124 cm³/mol. The van der Waals surface area contributed by atoms with Crippen molar-refractivity contribution in [1.82, 2.24) is 4.98 Å². The minimum absolute atomic E-state index is 0.253. The molecule has 1 fully saturated rings. The van der Waals surface area contributed by atoms with Crippen LogP contribution in [0, 0.1) is 5.41 Å². The SMILES string of the molecule is CC(C)(C)C1(c2ccc(-c3oc4ncc(N)cc4c3-c3ccccc3)cc2)CCC1. The summed E-state index contributed by atoms with van der Waals surface area (Å²) < 4.78 is 6.26. The van der Waals surface area contributed by atoms with E-state index in [1.165, 1.54) is 24.8 Å². The quantitative estimate of drug-likeness (QED) is 0.398. The molecular formula is C27H28N2O. The molecule has 4 aromatic rings. The highest BCUT2D eigenvalue weighted by atomic mass is 16.3. The Hall–Kier alpha value is -3.07. The van der Waals surface area contributed by atoms with E-state index in [0.29, 0.717) is 11.4 Å². The van der Waals surface area contributed by atoms with Gasteiger partial charge in [-0.3, -0.25) is 0 Å². The minimum atomic E-state index is 0.253. The van der Waals surface area contributed by atoms with Crippen molar-refractivity contribution in [2.75, 3.05) is 5.73 Å². The Bertz CT molecular complexity index is 1190. The zero-order valence-electron chi connectivity index (χ0n) is 17.9. The Morgan fingerprint density at radius 1 is 0.933 bits per heavy atom. The Morgan fingerprint density at radius 2 is 1.63 bits per heavy atom. The number of hydrogen-bond donors (Lipinski definition) is 1. The van der Waals surface area contributed by atoms with Crippen LogP contribution >= 0.6 is 0 Å². The maximum absolute atomic E-state index is 6.26. The van der Waals surface area contributed by atoms with Gasteiger partial charge in [0.2, 0.25) is 5.71 Å². The van der Waals surface area contributed by atoms with Gasteiger partial charge in [0.15, 0.2) is 0 Å². The number of benzene rings is 2. The van der Waals surface area contributed by atoms with E-state index in [1.54, 1.807) is 6.20 Å². The number of fused-ring (bicyclic) bond motifs is 1. The first-order valence-corrected chi connectivity index (χ1v) is 10.7. The van der Waals surface area contributed by atoms with Crippen molar-refractivity contribution in [3.05, 3.63) is 72.4 Å². The van der Waals surface area contributed by atoms with Crippen molar-refractivity contribution in [2.45, 2.75) is 45.4 Å². The van der Waals surface area contributed by atoms with Crippen molar-refractivity contribution in [3.63, 3.8) is 0 Å². The number of aromatic nitrogens is 1. The van der Waals surface area contributed by atoms with Crippen molar-refractivity contribution in [2.24, 2.45) is 5.41 Å². The normalized spacial score (nSPS) is 15.8. The zero-order chi connectivity index (χ0) is 20.9. The number of hydrogen-bond acceptors (Lipinski definition) is 3. The van der Waals surface area contributed by atoms with Crippen LogP contribution in [-0.2, 0) is 5.41 Å². The fraction of sp³-hybridized carbons (Fsp3) is 0.296. The zero-order valence-corrected chi connectivity index (χ0v) is 17.9. The van der Waals surface area contributed by atoms with Gasteiger partial charge in [0, 0.05) is 16.5 Å². The van der Waals surface area contributed by atoms with Gasteiger partial charge in [-0.15, -0.1) is 0 Å². The van der Waals surface area contributed by atoms with Gasteiger partial charge in [-0.2, -0.15) is 0 Å². The molecule has 2 heterocycles. The fourth-order valence-electron chi connectivity index (χ4n) is 5.04. The van der Waals surface area contributed by atoms with Crippen LogP contribution in [0.4, 0.5) is 5.69 Å². The van der Waals surface area contributed by atoms with E-state index in [0.717, 1.165) is 27.8 Å². The van der Waals surface area contributed by atoms with Crippen molar-refractivity contribution < 1.29 is 4.42 Å². The average Bonchev–Trinajstić information content (AvgIpc) is 3.06. The lowest BCUT2D eigenvalue weighted by atomic mass is 9.52. The Kier molecular flexibility index (Phi) is 4.25. The molecule has 3 nitrogen and oxygen atoms in total. The molecule has 5 rings (SSSR count). The van der Waals surface area contributed by atoms with Gasteiger partial charge < -0.3 is 10.2 Å². The molecule has 0 unspecified atom stereocenters. The molecule has 0 bridgehead atoms. The summed E-state index contributed by atoms with van der Waals surface area (Å²) in [5.41, 5.74) is 12.5. The van der Waals surface area contributed by atoms with E-state index in [-0.39, 0.29) is 10.8 Å². The first kappa shape index (κ1) is 18.9. The standard InChI is InChI=1S/C27H28N2O/c1-26(2,3)27(14-7-15-27)20-12-10-19(11-13-20)24-23(18-8-5-4-6-9-18)22-16-21(28)17-29-25(22)30-24/h4-6,8-13,16-17H,7,14-15,28H2,1-3H3. The third-order valence-corrected chi connectivity index (χ3v) is 6.97. The molecule has 1 aliphatic carbocycles. The Labute approximate surface area is 177 Å². The fourth-order valence-corrected chi connectivity index (χ4v) is 5.04. The molecule has 2 N–H and O–H groups in total. The molecule has 0 atom stereocenters. The molecule has 0 spiro atoms. The highest BCUT2D eigenvalue weighted by Gasteiger charge is 2.47. The molecular weight excluding hydrogens is 368 g/mol. The minimum Gasteiger partial charge on any atom is -0.437 e. The van der Waals surface area contributed by atoms with Gasteiger partial charge in [-0.05, 0) is 35.4 Å². The highest BCUT2D eigenvalue weighted by molar-refractivity contribution is 6.01. The van der Waals surface area contributed by atoms with Crippen LogP contribution in [0.1, 0.15) is 45.6 Å². The largest absolute Gasteiger partial charge is 0.437 e. The first-order chi connectivity index (χ1) is 14.4. The summed E-state index contributed by atoms with van der Waals surface area (Å²) in [6.45, 7) is 7.09. The Morgan fingerprint density at radius 3 is 2.23 bits per heavy atom. The van der Waals surface area contributed by atoms with Crippen molar-refractivity contribution in [3.8, 4) is 22.5 Å². The summed E-state index contributed by atoms with van der Waals surface area (Å²) in [6.07, 6.45) is 5.49. The summed E-state index contributed by atoms with van der Waals surface area (Å²) in [5.74, 6) is 0.847. The number of furan rings is 1. The van der Waals surface area contributed by atoms with Gasteiger partial charge >= 0.3 is 0 Å². The summed E-state index contributed by atoms with van der Waals surface area (Å²) in [7, 11) is 0. The molecule has 0 saturated heterocycles. The number of pyridine rings is 1. The molecule has 0 radical (unpaired) electrons. The maximum Gasteiger partial charge on any atom is 0.227 e. The molecule has 0 aliphatic heterocycles. The number of nitrogens with zero attached hydrogens (tertiary/aromatic N) is 1. The van der Waals surface area contributed by atoms with Gasteiger partial charge in [0.1, 0.15) is 5.76 Å². The Balaban J connectivity index is 1.65. The topological polar surface area (TPSA) is 52.0 Å². The molecule has 152 valence electrons. The second kappa shape index (κ2) is 6.73. The van der Waals surface area contributed by atoms with Crippen molar-refractivity contribution >= 4 is 16.8 Å². The molecule has 2 aromatic heterocycles. The van der Waals surface area contributed by atoms with E-state index in [4.69, 9.17) is 10.2 Å². The molecule has 2 aromatic carbocycles. The molecule has 1 saturated carbocycles. The van der Waals surface area contributed by atoms with Crippen LogP contribution < -0.4 is 5.73 Å². The third-order valence-electron chi connectivity index (χ3n) is 6.97. The summed E-state index contributed by atoms with van der Waals surface area (Å²) in [5, 5.41) is 0.949. The van der Waals surface area contributed by atoms with E-state index in [9.17, 15) is 0 Å². The third kappa shape index (κ3) is 2.84. The summed E-state index contributed by atoms with van der Waals surface area (Å²) in [4.78, 5) is 4.43. The van der Waals surface area contributed by atoms with Crippen LogP contribution in [0.25, 0.3) is 33.6 Å². The maximum atomic E-state index is 6.26. The number of anilines is 1. The molecule has 0 amide bonds. The molecule has 3 heteroatoms. The lowest BCUT2D eigenvalue weighted by molar-refractivity contribution is 0.0852. The van der Waals surface area contributed by atoms with Crippen molar-refractivity contribution in [1.29, 1.82) is 0 Å². The summed E-state index contributed by atoms with van der Waals surface area (Å²) >= 11 is 0. The predicted octanol–water partition coefficient (Wildman–Crippen LogP) is 7.21. The van der Waals surface area contributed by atoms with Crippen LogP contribution in [0.2, 0.25) is 0 Å². The van der Waals surface area contributed by atoms with Gasteiger partial charge in [0.25, 0.3) is 0 Å². The molecule has 30 heavy (non-hydrogen) atoms. The second-order valence-corrected chi connectivity index (χ2v) is 9.56. The summed E-state index contributed by atoms with van der Waals surface area (Å²) in [6, 6.07) is 21.3. The van der Waals surface area contributed by atoms with Gasteiger partial charge in [-0.25, -0.2) is 4.98 Å². The monoisotopic (exact) mass is 396 g/mol. The van der Waals surface area contributed by atoms with E-state index >= 15 is 0 Å². The van der Waals surface area contributed by atoms with Crippen LogP contribution in [-0.4, -0.2) is 4.98 Å². The van der Waals surface area contributed by atoms with E-state index < -0.39 is 0 Å². The van der Waals surface area contributed by atoms with Crippen LogP contribution in [0.5, 0.6) is 0 Å². The number of rotatable bonds is 3. The van der Waals surface area contributed by atoms with Gasteiger partial charge in [-0.1, -0.05) is 81.8 Å². The number of nitrogen functional groups attached to an aromatic ring is 1. The highest BCUT2D eigenvalue weighted by Crippen LogP contribution is 2.55. The van der Waals surface area contributed by atoms with Crippen LogP contribution in [0.15, 0.2) is 71.3 Å². The van der Waals surface area contributed by atoms with E-state index in [1.807, 2.05) is 24.3 Å². The van der Waals surface area contributed by atoms with Crippen LogP contribution in [0.3, 0.4) is 0 Å². The first-order valence-electron chi connectivity index (χ1n) is 10.7. The second-order valence-electron chi connectivity index (χ2n) is 9.56. The average molecular weight is 397 g/mol. The lowest BCUT2D eigenvalue weighted by Gasteiger charge is -2.52. The molecule has 1 aliphatic rings. The van der Waals surface area contributed by atoms with Gasteiger partial charge in [0.05, 0.1) is 17.3 Å². The smallest absolute Gasteiger partial charge is 0.227 e.